The van der Waals surface area contributed by atoms with E-state index in [-0.39, 0.29) is 6.04 Å². The average molecular weight is 258 g/mol. The van der Waals surface area contributed by atoms with Crippen LogP contribution in [0.2, 0.25) is 0 Å². The van der Waals surface area contributed by atoms with Gasteiger partial charge in [-0.3, -0.25) is 4.79 Å². The largest absolute Gasteiger partial charge is 0.480 e. The number of carbonyl (C=O) groups is 1. The summed E-state index contributed by atoms with van der Waals surface area (Å²) in [4.78, 5) is 13.4. The molecule has 4 nitrogen and oxygen atoms in total. The first-order valence-electron chi connectivity index (χ1n) is 7.34. The Morgan fingerprint density at radius 2 is 1.83 bits per heavy atom. The number of rotatable bonds is 12. The van der Waals surface area contributed by atoms with E-state index in [2.05, 4.69) is 31.0 Å². The molecule has 1 unspecified atom stereocenters. The minimum absolute atomic E-state index is 0.377. The van der Waals surface area contributed by atoms with Crippen LogP contribution in [0.1, 0.15) is 52.9 Å². The van der Waals surface area contributed by atoms with Crippen LogP contribution in [0.5, 0.6) is 0 Å². The summed E-state index contributed by atoms with van der Waals surface area (Å²) in [6.07, 6.45) is 5.27. The van der Waals surface area contributed by atoms with E-state index >= 15 is 0 Å². The van der Waals surface area contributed by atoms with Gasteiger partial charge in [0, 0.05) is 13.1 Å². The van der Waals surface area contributed by atoms with Gasteiger partial charge in [-0.1, -0.05) is 46.5 Å². The van der Waals surface area contributed by atoms with Gasteiger partial charge in [0.05, 0.1) is 0 Å². The summed E-state index contributed by atoms with van der Waals surface area (Å²) in [5.41, 5.74) is 0. The molecule has 0 aliphatic heterocycles. The predicted molar refractivity (Wildman–Crippen MR) is 76.0 cm³/mol. The highest BCUT2D eigenvalue weighted by Crippen LogP contribution is 2.05. The molecule has 0 aliphatic carbocycles. The number of unbranched alkanes of at least 4 members (excludes halogenated alkanes) is 3. The van der Waals surface area contributed by atoms with E-state index in [4.69, 9.17) is 5.11 Å². The molecule has 0 spiro atoms. The number of hydrogen-bond donors (Lipinski definition) is 2. The van der Waals surface area contributed by atoms with Crippen molar-refractivity contribution in [3.63, 3.8) is 0 Å². The summed E-state index contributed by atoms with van der Waals surface area (Å²) in [5, 5.41) is 12.3. The summed E-state index contributed by atoms with van der Waals surface area (Å²) >= 11 is 0. The second kappa shape index (κ2) is 11.5. The number of nitrogens with zero attached hydrogens (tertiary/aromatic N) is 1. The fourth-order valence-corrected chi connectivity index (χ4v) is 2.02. The van der Waals surface area contributed by atoms with E-state index in [1.54, 1.807) is 0 Å². The van der Waals surface area contributed by atoms with Crippen LogP contribution in [-0.2, 0) is 4.79 Å². The first kappa shape index (κ1) is 17.4. The molecular formula is C14H30N2O2. The molecule has 108 valence electrons. The lowest BCUT2D eigenvalue weighted by molar-refractivity contribution is -0.139. The van der Waals surface area contributed by atoms with E-state index in [1.165, 1.54) is 12.8 Å². The summed E-state index contributed by atoms with van der Waals surface area (Å²) in [6.45, 7) is 10.1. The predicted octanol–water partition coefficient (Wildman–Crippen LogP) is 2.34. The Morgan fingerprint density at radius 3 is 2.33 bits per heavy atom. The minimum atomic E-state index is -0.717. The van der Waals surface area contributed by atoms with Crippen LogP contribution >= 0.6 is 0 Å². The molecule has 0 aliphatic rings. The third kappa shape index (κ3) is 8.48. The number of carboxylic acid groups (broad SMARTS) is 1. The number of carboxylic acids is 1. The van der Waals surface area contributed by atoms with Crippen molar-refractivity contribution in [2.75, 3.05) is 26.2 Å². The maximum Gasteiger partial charge on any atom is 0.320 e. The molecule has 0 saturated heterocycles. The zero-order chi connectivity index (χ0) is 13.8. The highest BCUT2D eigenvalue weighted by molar-refractivity contribution is 5.73. The molecule has 2 N–H and O–H groups in total. The van der Waals surface area contributed by atoms with Crippen molar-refractivity contribution in [1.82, 2.24) is 10.2 Å². The zero-order valence-electron chi connectivity index (χ0n) is 12.2. The van der Waals surface area contributed by atoms with Gasteiger partial charge in [0.1, 0.15) is 6.04 Å². The van der Waals surface area contributed by atoms with Gasteiger partial charge in [-0.05, 0) is 19.5 Å². The summed E-state index contributed by atoms with van der Waals surface area (Å²) < 4.78 is 0. The fraction of sp³-hybridized carbons (Fsp3) is 0.929. The summed E-state index contributed by atoms with van der Waals surface area (Å²) in [5.74, 6) is -0.717. The van der Waals surface area contributed by atoms with Crippen LogP contribution in [0.15, 0.2) is 0 Å². The van der Waals surface area contributed by atoms with Crippen LogP contribution in [0.3, 0.4) is 0 Å². The van der Waals surface area contributed by atoms with Crippen molar-refractivity contribution in [3.05, 3.63) is 0 Å². The second-order valence-corrected chi connectivity index (χ2v) is 4.72. The maximum absolute atomic E-state index is 11.1. The van der Waals surface area contributed by atoms with Crippen molar-refractivity contribution in [3.8, 4) is 0 Å². The molecule has 0 heterocycles. The molecule has 0 rings (SSSR count). The molecule has 0 saturated carbocycles. The van der Waals surface area contributed by atoms with Crippen LogP contribution in [0, 0.1) is 0 Å². The van der Waals surface area contributed by atoms with E-state index in [9.17, 15) is 4.79 Å². The lowest BCUT2D eigenvalue weighted by atomic mass is 10.1. The molecule has 4 heteroatoms. The number of aliphatic carboxylic acids is 1. The molecular weight excluding hydrogens is 228 g/mol. The molecule has 1 atom stereocenters. The third-order valence-corrected chi connectivity index (χ3v) is 3.36. The van der Waals surface area contributed by atoms with Gasteiger partial charge in [0.15, 0.2) is 0 Å². The molecule has 0 aromatic rings. The number of nitrogens with one attached hydrogen (secondary N) is 1. The Labute approximate surface area is 112 Å². The Kier molecular flexibility index (Phi) is 11.1. The van der Waals surface area contributed by atoms with Crippen LogP contribution in [0.4, 0.5) is 0 Å². The van der Waals surface area contributed by atoms with E-state index in [0.29, 0.717) is 0 Å². The monoisotopic (exact) mass is 258 g/mol. The van der Waals surface area contributed by atoms with Gasteiger partial charge in [0.25, 0.3) is 0 Å². The van der Waals surface area contributed by atoms with Crippen molar-refractivity contribution < 1.29 is 9.90 Å². The Morgan fingerprint density at radius 1 is 1.17 bits per heavy atom. The van der Waals surface area contributed by atoms with Gasteiger partial charge < -0.3 is 15.3 Å². The van der Waals surface area contributed by atoms with Crippen molar-refractivity contribution in [2.24, 2.45) is 0 Å². The van der Waals surface area contributed by atoms with E-state index in [1.807, 2.05) is 0 Å². The number of hydrogen-bond acceptors (Lipinski definition) is 3. The first-order valence-corrected chi connectivity index (χ1v) is 7.34. The van der Waals surface area contributed by atoms with Gasteiger partial charge in [-0.2, -0.15) is 0 Å². The van der Waals surface area contributed by atoms with Crippen molar-refractivity contribution in [2.45, 2.75) is 58.9 Å². The Bertz CT molecular complexity index is 206. The zero-order valence-corrected chi connectivity index (χ0v) is 12.2. The lowest BCUT2D eigenvalue weighted by Gasteiger charge is -2.20. The van der Waals surface area contributed by atoms with Gasteiger partial charge in [0.2, 0.25) is 0 Å². The average Bonchev–Trinajstić information content (AvgIpc) is 2.36. The molecule has 0 fully saturated rings. The molecule has 0 amide bonds. The summed E-state index contributed by atoms with van der Waals surface area (Å²) in [6, 6.07) is -0.377. The third-order valence-electron chi connectivity index (χ3n) is 3.36. The van der Waals surface area contributed by atoms with E-state index in [0.717, 1.165) is 45.4 Å². The maximum atomic E-state index is 11.1. The van der Waals surface area contributed by atoms with E-state index < -0.39 is 5.97 Å². The van der Waals surface area contributed by atoms with Gasteiger partial charge >= 0.3 is 5.97 Å². The van der Waals surface area contributed by atoms with Crippen LogP contribution < -0.4 is 5.32 Å². The summed E-state index contributed by atoms with van der Waals surface area (Å²) in [7, 11) is 0. The smallest absolute Gasteiger partial charge is 0.320 e. The normalized spacial score (nSPS) is 12.9. The first-order chi connectivity index (χ1) is 8.65. The second-order valence-electron chi connectivity index (χ2n) is 4.72. The van der Waals surface area contributed by atoms with Crippen LogP contribution in [0.25, 0.3) is 0 Å². The lowest BCUT2D eigenvalue weighted by Crippen LogP contribution is -2.41. The van der Waals surface area contributed by atoms with Crippen LogP contribution in [-0.4, -0.2) is 48.2 Å². The standard InChI is InChI=1S/C14H30N2O2/c1-4-7-8-9-10-13(14(17)18)15-11-12-16(5-2)6-3/h13,15H,4-12H2,1-3H3,(H,17,18). The SMILES string of the molecule is CCCCCCC(NCCN(CC)CC)C(=O)O. The quantitative estimate of drug-likeness (QED) is 0.528. The van der Waals surface area contributed by atoms with Crippen molar-refractivity contribution in [1.29, 1.82) is 0 Å². The molecule has 18 heavy (non-hydrogen) atoms. The highest BCUT2D eigenvalue weighted by Gasteiger charge is 2.15. The Hall–Kier alpha value is -0.610. The topological polar surface area (TPSA) is 52.6 Å². The molecule has 0 aromatic heterocycles. The van der Waals surface area contributed by atoms with Gasteiger partial charge in [-0.15, -0.1) is 0 Å². The number of likely N-dealkylation sites (N-methyl/N-ethyl adjacent to an activating group) is 1. The molecule has 0 aromatic carbocycles. The highest BCUT2D eigenvalue weighted by atomic mass is 16.4. The Balaban J connectivity index is 3.79. The van der Waals surface area contributed by atoms with Gasteiger partial charge in [-0.25, -0.2) is 0 Å². The van der Waals surface area contributed by atoms with Crippen molar-refractivity contribution >= 4 is 5.97 Å². The molecule has 0 bridgehead atoms. The fourth-order valence-electron chi connectivity index (χ4n) is 2.02. The molecule has 0 radical (unpaired) electrons. The minimum Gasteiger partial charge on any atom is -0.480 e.